The van der Waals surface area contributed by atoms with Gasteiger partial charge >= 0.3 is 27.0 Å². The van der Waals surface area contributed by atoms with Crippen molar-refractivity contribution in [1.29, 1.82) is 0 Å². The van der Waals surface area contributed by atoms with Crippen molar-refractivity contribution in [3.8, 4) is 0 Å². The maximum Gasteiger partial charge on any atom is 0.211 e. The monoisotopic (exact) mass is 564 g/mol. The molecular formula is C26H20Cl4N2Zn. The van der Waals surface area contributed by atoms with Gasteiger partial charge in [-0.3, -0.25) is 0 Å². The molecule has 164 valence electrons. The second-order valence-corrected chi connectivity index (χ2v) is 6.89. The molecule has 0 aliphatic heterocycles. The van der Waals surface area contributed by atoms with Gasteiger partial charge in [0.1, 0.15) is 0 Å². The van der Waals surface area contributed by atoms with Crippen LogP contribution in [0, 0.1) is 0 Å². The van der Waals surface area contributed by atoms with Crippen LogP contribution in [0.2, 0.25) is 0 Å². The molecule has 0 radical (unpaired) electrons. The number of para-hydroxylation sites is 4. The number of H-pyrrole nitrogens is 2. The normalized spacial score (nSPS) is 9.42. The quantitative estimate of drug-likeness (QED) is 0.142. The molecule has 0 amide bonds. The Labute approximate surface area is 225 Å². The minimum atomic E-state index is 0. The van der Waals surface area contributed by atoms with Crippen molar-refractivity contribution in [1.82, 2.24) is 0 Å². The summed E-state index contributed by atoms with van der Waals surface area (Å²) in [6.07, 6.45) is 0. The van der Waals surface area contributed by atoms with Crippen LogP contribution in [0.15, 0.2) is 109 Å². The fourth-order valence-electron chi connectivity index (χ4n) is 3.57. The summed E-state index contributed by atoms with van der Waals surface area (Å²) in [4.78, 5) is 6.82. The first-order chi connectivity index (χ1) is 14.9. The van der Waals surface area contributed by atoms with Crippen molar-refractivity contribution in [2.45, 2.75) is 0 Å². The number of fused-ring (bicyclic) bond motifs is 4. The van der Waals surface area contributed by atoms with E-state index in [1.54, 1.807) is 0 Å². The van der Waals surface area contributed by atoms with Gasteiger partial charge in [0, 0.05) is 45.8 Å². The number of aromatic nitrogens is 2. The van der Waals surface area contributed by atoms with Crippen LogP contribution in [0.1, 0.15) is 0 Å². The molecule has 0 saturated heterocycles. The fourth-order valence-corrected chi connectivity index (χ4v) is 3.57. The molecule has 2 heterocycles. The van der Waals surface area contributed by atoms with Crippen LogP contribution in [0.25, 0.3) is 43.6 Å². The maximum absolute atomic E-state index is 4.76. The smallest absolute Gasteiger partial charge is 0.204 e. The van der Waals surface area contributed by atoms with E-state index in [0.29, 0.717) is 0 Å². The zero-order chi connectivity index (χ0) is 20.8. The number of aromatic amines is 2. The minimum absolute atomic E-state index is 0. The first-order valence-electron chi connectivity index (χ1n) is 9.73. The number of nitrogens with one attached hydrogen (secondary N) is 2. The summed E-state index contributed by atoms with van der Waals surface area (Å²) in [5, 5.41) is 5.02. The number of halogens is 4. The summed E-state index contributed by atoms with van der Waals surface area (Å²) >= 11 is 0.847. The minimum Gasteiger partial charge on any atom is -0.204 e. The van der Waals surface area contributed by atoms with Gasteiger partial charge < -0.3 is 37.2 Å². The molecule has 0 unspecified atom stereocenters. The molecule has 7 heteroatoms. The number of hydrogen-bond acceptors (Lipinski definition) is 0. The molecule has 0 saturated carbocycles. The molecule has 0 aliphatic carbocycles. The largest absolute Gasteiger partial charge is 0.211 e. The van der Waals surface area contributed by atoms with Gasteiger partial charge in [-0.15, -0.1) is 0 Å². The van der Waals surface area contributed by atoms with Crippen LogP contribution in [0.3, 0.4) is 0 Å². The first kappa shape index (κ1) is 29.0. The Morgan fingerprint density at radius 2 is 0.606 bits per heavy atom. The zero-order valence-corrected chi connectivity index (χ0v) is 23.6. The molecule has 6 aromatic rings. The van der Waals surface area contributed by atoms with E-state index in [4.69, 9.17) is 9.69 Å². The van der Waals surface area contributed by atoms with Crippen molar-refractivity contribution in [3.05, 3.63) is 109 Å². The summed E-state index contributed by atoms with van der Waals surface area (Å²) in [5.74, 6) is 0. The van der Waals surface area contributed by atoms with Gasteiger partial charge in [-0.25, -0.2) is 9.97 Å². The second-order valence-electron chi connectivity index (χ2n) is 6.89. The van der Waals surface area contributed by atoms with E-state index < -0.39 is 0 Å². The Balaban J connectivity index is 0.000000283. The van der Waals surface area contributed by atoms with Crippen LogP contribution in [0.4, 0.5) is 0 Å². The SMILES string of the molecule is [Cl-].[Cl-].[Cl-].[Cl][Zn+].c1ccc2[nH+]c3ccccc3cc2c1.c1ccc2[nH+]c3ccccc3cc2c1. The number of hydrogen-bond donors (Lipinski definition) is 0. The van der Waals surface area contributed by atoms with Crippen LogP contribution >= 0.6 is 9.69 Å². The van der Waals surface area contributed by atoms with Gasteiger partial charge in [-0.1, -0.05) is 48.5 Å². The second kappa shape index (κ2) is 14.3. The maximum atomic E-state index is 4.76. The van der Waals surface area contributed by atoms with Crippen LogP contribution < -0.4 is 47.2 Å². The third-order valence-electron chi connectivity index (χ3n) is 5.00. The molecule has 2 aromatic heterocycles. The summed E-state index contributed by atoms with van der Waals surface area (Å²) in [6.45, 7) is 0. The molecule has 0 bridgehead atoms. The predicted octanol–water partition coefficient (Wildman–Crippen LogP) is -2.69. The van der Waals surface area contributed by atoms with Gasteiger partial charge in [-0.05, 0) is 36.4 Å². The molecule has 0 aliphatic rings. The standard InChI is InChI=1S/2C13H9N.4ClH.Zn/c2*1-3-7-12-10(5-1)9-11-6-2-4-8-13(11)14-12;;;;;/h2*1-9H;4*1H;/q;;;;;;+2/p-2. The van der Waals surface area contributed by atoms with Crippen LogP contribution in [-0.2, 0) is 17.3 Å². The topological polar surface area (TPSA) is 28.3 Å². The van der Waals surface area contributed by atoms with Crippen LogP contribution in [0.5, 0.6) is 0 Å². The van der Waals surface area contributed by atoms with Crippen LogP contribution in [-0.4, -0.2) is 0 Å². The van der Waals surface area contributed by atoms with E-state index in [-0.39, 0.29) is 37.2 Å². The molecular weight excluding hydrogens is 548 g/mol. The molecule has 0 atom stereocenters. The van der Waals surface area contributed by atoms with Crippen molar-refractivity contribution >= 4 is 53.3 Å². The Morgan fingerprint density at radius 1 is 0.394 bits per heavy atom. The average Bonchev–Trinajstić information content (AvgIpc) is 2.83. The Morgan fingerprint density at radius 3 is 0.848 bits per heavy atom. The van der Waals surface area contributed by atoms with Gasteiger partial charge in [0.05, 0.1) is 0 Å². The van der Waals surface area contributed by atoms with Gasteiger partial charge in [0.2, 0.25) is 22.1 Å². The summed E-state index contributed by atoms with van der Waals surface area (Å²) in [5.41, 5.74) is 4.75. The van der Waals surface area contributed by atoms with Gasteiger partial charge in [-0.2, -0.15) is 0 Å². The zero-order valence-electron chi connectivity index (χ0n) is 17.6. The molecule has 6 rings (SSSR count). The van der Waals surface area contributed by atoms with E-state index in [0.717, 1.165) is 17.3 Å². The Kier molecular flexibility index (Phi) is 12.6. The number of rotatable bonds is 0. The van der Waals surface area contributed by atoms with E-state index in [1.807, 2.05) is 24.3 Å². The molecule has 0 fully saturated rings. The Bertz CT molecular complexity index is 1120. The van der Waals surface area contributed by atoms with E-state index >= 15 is 0 Å². The predicted molar refractivity (Wildman–Crippen MR) is 122 cm³/mol. The Hall–Kier alpha value is -2.00. The molecule has 2 N–H and O–H groups in total. The van der Waals surface area contributed by atoms with Gasteiger partial charge in [0.25, 0.3) is 0 Å². The van der Waals surface area contributed by atoms with Crippen molar-refractivity contribution in [3.63, 3.8) is 0 Å². The third kappa shape index (κ3) is 6.99. The van der Waals surface area contributed by atoms with Crippen molar-refractivity contribution < 1.29 is 64.5 Å². The van der Waals surface area contributed by atoms with Crippen molar-refractivity contribution in [2.24, 2.45) is 0 Å². The number of benzene rings is 4. The first-order valence-corrected chi connectivity index (χ1v) is 13.6. The average molecular weight is 568 g/mol. The fraction of sp³-hybridized carbons (Fsp3) is 0. The molecule has 4 aromatic carbocycles. The molecule has 0 spiro atoms. The van der Waals surface area contributed by atoms with Gasteiger partial charge in [0.15, 0.2) is 0 Å². The molecule has 33 heavy (non-hydrogen) atoms. The third-order valence-corrected chi connectivity index (χ3v) is 5.00. The summed E-state index contributed by atoms with van der Waals surface area (Å²) in [6, 6.07) is 37.7. The molecule has 2 nitrogen and oxygen atoms in total. The van der Waals surface area contributed by atoms with E-state index in [2.05, 4.69) is 94.9 Å². The summed E-state index contributed by atoms with van der Waals surface area (Å²) in [7, 11) is 4.76. The van der Waals surface area contributed by atoms with E-state index in [9.17, 15) is 0 Å². The number of pyridine rings is 2. The van der Waals surface area contributed by atoms with E-state index in [1.165, 1.54) is 43.6 Å². The van der Waals surface area contributed by atoms with Crippen molar-refractivity contribution in [2.75, 3.05) is 0 Å². The summed E-state index contributed by atoms with van der Waals surface area (Å²) < 4.78 is 0.